The van der Waals surface area contributed by atoms with Crippen LogP contribution in [-0.4, -0.2) is 18.1 Å². The molecule has 1 aromatic carbocycles. The summed E-state index contributed by atoms with van der Waals surface area (Å²) in [5.41, 5.74) is 8.12. The first-order valence-corrected chi connectivity index (χ1v) is 6.54. The van der Waals surface area contributed by atoms with Crippen LogP contribution in [0.25, 0.3) is 10.8 Å². The van der Waals surface area contributed by atoms with Crippen molar-refractivity contribution in [2.45, 2.75) is 13.8 Å². The number of rotatable bonds is 1. The summed E-state index contributed by atoms with van der Waals surface area (Å²) in [4.78, 5) is 6.64. The van der Waals surface area contributed by atoms with Gasteiger partial charge >= 0.3 is 0 Å². The highest BCUT2D eigenvalue weighted by Gasteiger charge is 2.27. The van der Waals surface area contributed by atoms with Crippen molar-refractivity contribution in [3.8, 4) is 0 Å². The number of nitrogen functional groups attached to an aromatic ring is 1. The molecule has 2 aromatic rings. The van der Waals surface area contributed by atoms with Gasteiger partial charge in [0.2, 0.25) is 0 Å². The van der Waals surface area contributed by atoms with Crippen LogP contribution in [0.4, 0.5) is 11.4 Å². The fourth-order valence-corrected chi connectivity index (χ4v) is 2.80. The molecular formula is C15H19N3. The second kappa shape index (κ2) is 4.16. The van der Waals surface area contributed by atoms with Gasteiger partial charge in [0.1, 0.15) is 0 Å². The highest BCUT2D eigenvalue weighted by molar-refractivity contribution is 6.00. The first-order valence-electron chi connectivity index (χ1n) is 6.54. The number of aromatic nitrogens is 1. The van der Waals surface area contributed by atoms with Crippen LogP contribution < -0.4 is 10.6 Å². The van der Waals surface area contributed by atoms with Crippen molar-refractivity contribution in [2.24, 2.45) is 11.8 Å². The normalized spacial score (nSPS) is 23.8. The Morgan fingerprint density at radius 1 is 1.11 bits per heavy atom. The number of hydrogen-bond acceptors (Lipinski definition) is 3. The molecule has 0 spiro atoms. The number of hydrogen-bond donors (Lipinski definition) is 1. The topological polar surface area (TPSA) is 42.1 Å². The monoisotopic (exact) mass is 241 g/mol. The minimum absolute atomic E-state index is 0.749. The van der Waals surface area contributed by atoms with Crippen LogP contribution >= 0.6 is 0 Å². The van der Waals surface area contributed by atoms with Crippen LogP contribution in [-0.2, 0) is 0 Å². The molecule has 2 atom stereocenters. The van der Waals surface area contributed by atoms with E-state index in [0.29, 0.717) is 0 Å². The molecule has 1 fully saturated rings. The van der Waals surface area contributed by atoms with E-state index in [1.54, 1.807) is 0 Å². The highest BCUT2D eigenvalue weighted by atomic mass is 15.2. The minimum Gasteiger partial charge on any atom is -0.398 e. The first kappa shape index (κ1) is 11.3. The molecular weight excluding hydrogens is 222 g/mol. The molecule has 0 aliphatic carbocycles. The van der Waals surface area contributed by atoms with E-state index in [9.17, 15) is 0 Å². The minimum atomic E-state index is 0.749. The summed E-state index contributed by atoms with van der Waals surface area (Å²) < 4.78 is 0. The zero-order valence-electron chi connectivity index (χ0n) is 10.9. The van der Waals surface area contributed by atoms with Crippen LogP contribution in [0.1, 0.15) is 13.8 Å². The first-order chi connectivity index (χ1) is 8.66. The second-order valence-corrected chi connectivity index (χ2v) is 5.45. The van der Waals surface area contributed by atoms with E-state index in [1.807, 2.05) is 18.5 Å². The Balaban J connectivity index is 2.10. The van der Waals surface area contributed by atoms with Gasteiger partial charge in [0.25, 0.3) is 0 Å². The SMILES string of the molecule is CC1CN(c2ccc(N)c3cnccc23)CC1C. The average molecular weight is 241 g/mol. The third-order valence-electron chi connectivity index (χ3n) is 4.16. The summed E-state index contributed by atoms with van der Waals surface area (Å²) >= 11 is 0. The van der Waals surface area contributed by atoms with Crippen molar-refractivity contribution in [3.05, 3.63) is 30.6 Å². The Morgan fingerprint density at radius 2 is 1.83 bits per heavy atom. The number of anilines is 2. The molecule has 1 aliphatic heterocycles. The van der Waals surface area contributed by atoms with Gasteiger partial charge in [-0.25, -0.2) is 0 Å². The predicted octanol–water partition coefficient (Wildman–Crippen LogP) is 2.91. The molecule has 0 bridgehead atoms. The third kappa shape index (κ3) is 1.70. The highest BCUT2D eigenvalue weighted by Crippen LogP contribution is 2.34. The van der Waals surface area contributed by atoms with Gasteiger partial charge in [-0.15, -0.1) is 0 Å². The number of nitrogens with two attached hydrogens (primary N) is 1. The molecule has 18 heavy (non-hydrogen) atoms. The lowest BCUT2D eigenvalue weighted by molar-refractivity contribution is 0.494. The number of benzene rings is 1. The van der Waals surface area contributed by atoms with Gasteiger partial charge in [-0.3, -0.25) is 4.98 Å². The smallest absolute Gasteiger partial charge is 0.0448 e. The molecule has 3 rings (SSSR count). The third-order valence-corrected chi connectivity index (χ3v) is 4.16. The largest absolute Gasteiger partial charge is 0.398 e. The molecule has 1 aliphatic rings. The molecule has 3 nitrogen and oxygen atoms in total. The second-order valence-electron chi connectivity index (χ2n) is 5.45. The maximum Gasteiger partial charge on any atom is 0.0448 e. The summed E-state index contributed by atoms with van der Waals surface area (Å²) in [5.74, 6) is 1.50. The van der Waals surface area contributed by atoms with E-state index < -0.39 is 0 Å². The average Bonchev–Trinajstić information content (AvgIpc) is 2.70. The predicted molar refractivity (Wildman–Crippen MR) is 76.7 cm³/mol. The van der Waals surface area contributed by atoms with E-state index in [-0.39, 0.29) is 0 Å². The van der Waals surface area contributed by atoms with Crippen LogP contribution in [0.3, 0.4) is 0 Å². The zero-order chi connectivity index (χ0) is 12.7. The fourth-order valence-electron chi connectivity index (χ4n) is 2.80. The molecule has 3 heteroatoms. The van der Waals surface area contributed by atoms with Crippen LogP contribution in [0.2, 0.25) is 0 Å². The van der Waals surface area contributed by atoms with Crippen LogP contribution in [0, 0.1) is 11.8 Å². The van der Waals surface area contributed by atoms with E-state index in [2.05, 4.69) is 35.9 Å². The number of nitrogens with zero attached hydrogens (tertiary/aromatic N) is 2. The lowest BCUT2D eigenvalue weighted by atomic mass is 10.0. The van der Waals surface area contributed by atoms with E-state index in [0.717, 1.165) is 36.0 Å². The summed E-state index contributed by atoms with van der Waals surface area (Å²) in [6.07, 6.45) is 3.70. The van der Waals surface area contributed by atoms with Crippen molar-refractivity contribution in [3.63, 3.8) is 0 Å². The molecule has 0 amide bonds. The standard InChI is InChI=1S/C15H19N3/c1-10-8-18(9-11(10)2)15-4-3-14(16)13-7-17-6-5-12(13)15/h3-7,10-11H,8-9,16H2,1-2H3. The molecule has 1 saturated heterocycles. The van der Waals surface area contributed by atoms with Gasteiger partial charge in [-0.05, 0) is 30.0 Å². The van der Waals surface area contributed by atoms with Crippen molar-refractivity contribution in [1.29, 1.82) is 0 Å². The van der Waals surface area contributed by atoms with Crippen molar-refractivity contribution >= 4 is 22.1 Å². The lowest BCUT2D eigenvalue weighted by Crippen LogP contribution is -2.19. The Kier molecular flexibility index (Phi) is 2.62. The van der Waals surface area contributed by atoms with Gasteiger partial charge in [0, 0.05) is 47.6 Å². The molecule has 94 valence electrons. The van der Waals surface area contributed by atoms with Gasteiger partial charge < -0.3 is 10.6 Å². The molecule has 0 saturated carbocycles. The van der Waals surface area contributed by atoms with Crippen molar-refractivity contribution in [1.82, 2.24) is 4.98 Å². The van der Waals surface area contributed by atoms with Gasteiger partial charge in [-0.2, -0.15) is 0 Å². The molecule has 2 N–H and O–H groups in total. The summed E-state index contributed by atoms with van der Waals surface area (Å²) in [6.45, 7) is 6.91. The van der Waals surface area contributed by atoms with E-state index in [4.69, 9.17) is 5.73 Å². The molecule has 2 heterocycles. The molecule has 0 radical (unpaired) electrons. The Bertz CT molecular complexity index is 569. The van der Waals surface area contributed by atoms with Crippen LogP contribution in [0.15, 0.2) is 30.6 Å². The fraction of sp³-hybridized carbons (Fsp3) is 0.400. The van der Waals surface area contributed by atoms with Gasteiger partial charge in [-0.1, -0.05) is 13.8 Å². The maximum atomic E-state index is 6.02. The Morgan fingerprint density at radius 3 is 2.56 bits per heavy atom. The summed E-state index contributed by atoms with van der Waals surface area (Å²) in [7, 11) is 0. The molecule has 1 aromatic heterocycles. The summed E-state index contributed by atoms with van der Waals surface area (Å²) in [5, 5.41) is 2.27. The number of pyridine rings is 1. The van der Waals surface area contributed by atoms with E-state index in [1.165, 1.54) is 11.1 Å². The van der Waals surface area contributed by atoms with E-state index >= 15 is 0 Å². The van der Waals surface area contributed by atoms with Gasteiger partial charge in [0.15, 0.2) is 0 Å². The Hall–Kier alpha value is -1.77. The number of fused-ring (bicyclic) bond motifs is 1. The maximum absolute atomic E-state index is 6.02. The van der Waals surface area contributed by atoms with Crippen LogP contribution in [0.5, 0.6) is 0 Å². The van der Waals surface area contributed by atoms with Crippen molar-refractivity contribution in [2.75, 3.05) is 23.7 Å². The lowest BCUT2D eigenvalue weighted by Gasteiger charge is -2.21. The molecule has 2 unspecified atom stereocenters. The zero-order valence-corrected chi connectivity index (χ0v) is 10.9. The Labute approximate surface area is 108 Å². The quantitative estimate of drug-likeness (QED) is 0.781. The van der Waals surface area contributed by atoms with Crippen molar-refractivity contribution < 1.29 is 0 Å². The summed E-state index contributed by atoms with van der Waals surface area (Å²) in [6, 6.07) is 6.20. The van der Waals surface area contributed by atoms with Gasteiger partial charge in [0.05, 0.1) is 0 Å².